The summed E-state index contributed by atoms with van der Waals surface area (Å²) >= 11 is 1.88. The zero-order valence-corrected chi connectivity index (χ0v) is 25.8. The topological polar surface area (TPSA) is 17.8 Å². The van der Waals surface area contributed by atoms with Gasteiger partial charge in [-0.05, 0) is 82.4 Å². The van der Waals surface area contributed by atoms with Crippen molar-refractivity contribution in [3.63, 3.8) is 0 Å². The normalized spacial score (nSPS) is 11.5. The number of aromatic nitrogens is 2. The molecule has 0 aliphatic rings. The Hall–Kier alpha value is -5.77. The van der Waals surface area contributed by atoms with Crippen molar-refractivity contribution in [2.45, 2.75) is 0 Å². The molecule has 0 saturated carbocycles. The van der Waals surface area contributed by atoms with E-state index in [4.69, 9.17) is 4.98 Å². The first kappa shape index (κ1) is 26.6. The van der Waals surface area contributed by atoms with Crippen molar-refractivity contribution in [3.8, 4) is 50.5 Å². The second-order valence-corrected chi connectivity index (χ2v) is 12.7. The number of rotatable bonds is 5. The SMILES string of the molecule is c1ccc(-c2ccc3sc4c(-c5cccc(-c6nc7ccccc7n6-c6ccccc6)c5)cc(-c5ccccc5)cc4c3c2)cc1. The van der Waals surface area contributed by atoms with Crippen LogP contribution in [0.3, 0.4) is 0 Å². The number of para-hydroxylation sites is 3. The molecule has 0 spiro atoms. The Balaban J connectivity index is 1.28. The highest BCUT2D eigenvalue weighted by atomic mass is 32.1. The molecule has 0 fully saturated rings. The number of nitrogens with zero attached hydrogens (tertiary/aromatic N) is 2. The molecular weight excluding hydrogens is 577 g/mol. The van der Waals surface area contributed by atoms with Crippen LogP contribution >= 0.6 is 11.3 Å². The smallest absolute Gasteiger partial charge is 0.145 e. The first-order valence-corrected chi connectivity index (χ1v) is 16.4. The monoisotopic (exact) mass is 604 g/mol. The van der Waals surface area contributed by atoms with Crippen LogP contribution in [0.15, 0.2) is 170 Å². The predicted molar refractivity (Wildman–Crippen MR) is 196 cm³/mol. The molecule has 216 valence electrons. The predicted octanol–water partition coefficient (Wildman–Crippen LogP) is 12.1. The lowest BCUT2D eigenvalue weighted by molar-refractivity contribution is 1.10. The Bertz CT molecular complexity index is 2510. The maximum atomic E-state index is 5.16. The fourth-order valence-corrected chi connectivity index (χ4v) is 7.78. The van der Waals surface area contributed by atoms with Gasteiger partial charge in [0.05, 0.1) is 11.0 Å². The molecule has 0 radical (unpaired) electrons. The van der Waals surface area contributed by atoms with Crippen molar-refractivity contribution in [2.24, 2.45) is 0 Å². The van der Waals surface area contributed by atoms with E-state index in [9.17, 15) is 0 Å². The van der Waals surface area contributed by atoms with Gasteiger partial charge in [-0.2, -0.15) is 0 Å². The number of imidazole rings is 1. The molecule has 2 nitrogen and oxygen atoms in total. The maximum absolute atomic E-state index is 5.16. The van der Waals surface area contributed by atoms with Gasteiger partial charge in [0.2, 0.25) is 0 Å². The van der Waals surface area contributed by atoms with Gasteiger partial charge in [-0.15, -0.1) is 11.3 Å². The van der Waals surface area contributed by atoms with Gasteiger partial charge >= 0.3 is 0 Å². The first-order valence-electron chi connectivity index (χ1n) is 15.5. The van der Waals surface area contributed by atoms with Crippen LogP contribution in [0.5, 0.6) is 0 Å². The fourth-order valence-electron chi connectivity index (χ4n) is 6.58. The molecule has 7 aromatic carbocycles. The standard InChI is InChI=1S/C43H28N2S/c1-4-13-29(14-5-1)31-23-24-41-37(26-31)38-28-34(30-15-6-2-7-16-30)27-36(42(38)46-41)32-17-12-18-33(25-32)43-44-39-21-10-11-22-40(39)45(43)35-19-8-3-9-20-35/h1-28H. The Morgan fingerprint density at radius 3 is 1.85 bits per heavy atom. The third kappa shape index (κ3) is 4.52. The van der Waals surface area contributed by atoms with Crippen LogP contribution in [-0.2, 0) is 0 Å². The van der Waals surface area contributed by atoms with Gasteiger partial charge in [-0.3, -0.25) is 4.57 Å². The third-order valence-corrected chi connectivity index (χ3v) is 10.0. The van der Waals surface area contributed by atoms with Crippen molar-refractivity contribution < 1.29 is 0 Å². The lowest BCUT2D eigenvalue weighted by Gasteiger charge is -2.12. The highest BCUT2D eigenvalue weighted by Gasteiger charge is 2.18. The maximum Gasteiger partial charge on any atom is 0.145 e. The summed E-state index contributed by atoms with van der Waals surface area (Å²) in [7, 11) is 0. The van der Waals surface area contributed by atoms with E-state index in [0.29, 0.717) is 0 Å². The van der Waals surface area contributed by atoms with E-state index in [1.165, 1.54) is 53.6 Å². The number of hydrogen-bond donors (Lipinski definition) is 0. The minimum Gasteiger partial charge on any atom is -0.292 e. The second kappa shape index (κ2) is 11.0. The van der Waals surface area contributed by atoms with E-state index < -0.39 is 0 Å². The molecule has 0 unspecified atom stereocenters. The Morgan fingerprint density at radius 1 is 0.435 bits per heavy atom. The van der Waals surface area contributed by atoms with E-state index in [1.54, 1.807) is 0 Å². The molecule has 0 aliphatic heterocycles. The molecule has 9 aromatic rings. The van der Waals surface area contributed by atoms with Crippen LogP contribution in [-0.4, -0.2) is 9.55 Å². The number of hydrogen-bond acceptors (Lipinski definition) is 2. The summed E-state index contributed by atoms with van der Waals surface area (Å²) in [6, 6.07) is 60.8. The van der Waals surface area contributed by atoms with Crippen LogP contribution in [0, 0.1) is 0 Å². The zero-order valence-electron chi connectivity index (χ0n) is 25.0. The Labute approximate surface area is 271 Å². The number of benzene rings is 7. The lowest BCUT2D eigenvalue weighted by atomic mass is 9.94. The molecule has 0 saturated heterocycles. The van der Waals surface area contributed by atoms with E-state index >= 15 is 0 Å². The van der Waals surface area contributed by atoms with Crippen molar-refractivity contribution in [2.75, 3.05) is 0 Å². The zero-order chi connectivity index (χ0) is 30.5. The molecular formula is C43H28N2S. The molecule has 9 rings (SSSR count). The van der Waals surface area contributed by atoms with Crippen molar-refractivity contribution in [3.05, 3.63) is 170 Å². The highest BCUT2D eigenvalue weighted by molar-refractivity contribution is 7.26. The van der Waals surface area contributed by atoms with E-state index in [1.807, 2.05) is 11.3 Å². The Kier molecular flexibility index (Phi) is 6.36. The van der Waals surface area contributed by atoms with Crippen LogP contribution in [0.2, 0.25) is 0 Å². The van der Waals surface area contributed by atoms with Crippen molar-refractivity contribution in [1.29, 1.82) is 0 Å². The summed E-state index contributed by atoms with van der Waals surface area (Å²) < 4.78 is 4.87. The van der Waals surface area contributed by atoms with Gasteiger partial charge in [-0.25, -0.2) is 4.98 Å². The fraction of sp³-hybridized carbons (Fsp3) is 0. The average molecular weight is 605 g/mol. The van der Waals surface area contributed by atoms with Crippen LogP contribution in [0.1, 0.15) is 0 Å². The summed E-state index contributed by atoms with van der Waals surface area (Å²) in [4.78, 5) is 5.16. The van der Waals surface area contributed by atoms with E-state index in [-0.39, 0.29) is 0 Å². The van der Waals surface area contributed by atoms with Gasteiger partial charge in [0, 0.05) is 37.0 Å². The minimum absolute atomic E-state index is 0.938. The molecule has 2 aromatic heterocycles. The molecule has 0 aliphatic carbocycles. The van der Waals surface area contributed by atoms with Crippen molar-refractivity contribution >= 4 is 42.5 Å². The molecule has 0 amide bonds. The third-order valence-electron chi connectivity index (χ3n) is 8.79. The van der Waals surface area contributed by atoms with E-state index in [2.05, 4.69) is 174 Å². The molecule has 3 heteroatoms. The van der Waals surface area contributed by atoms with E-state index in [0.717, 1.165) is 28.1 Å². The minimum atomic E-state index is 0.938. The van der Waals surface area contributed by atoms with Gasteiger partial charge < -0.3 is 0 Å². The van der Waals surface area contributed by atoms with Crippen LogP contribution < -0.4 is 0 Å². The molecule has 0 atom stereocenters. The summed E-state index contributed by atoms with van der Waals surface area (Å²) in [5.74, 6) is 0.938. The number of fused-ring (bicyclic) bond motifs is 4. The van der Waals surface area contributed by atoms with Gasteiger partial charge in [0.1, 0.15) is 5.82 Å². The number of thiophene rings is 1. The van der Waals surface area contributed by atoms with Crippen LogP contribution in [0.25, 0.3) is 81.7 Å². The van der Waals surface area contributed by atoms with Gasteiger partial charge in [-0.1, -0.05) is 115 Å². The largest absolute Gasteiger partial charge is 0.292 e. The summed E-state index contributed by atoms with van der Waals surface area (Å²) in [5, 5.41) is 2.58. The molecule has 2 heterocycles. The van der Waals surface area contributed by atoms with Crippen LogP contribution in [0.4, 0.5) is 0 Å². The highest BCUT2D eigenvalue weighted by Crippen LogP contribution is 2.44. The molecule has 46 heavy (non-hydrogen) atoms. The summed E-state index contributed by atoms with van der Waals surface area (Å²) in [6.07, 6.45) is 0. The first-order chi connectivity index (χ1) is 22.8. The quantitative estimate of drug-likeness (QED) is 0.191. The van der Waals surface area contributed by atoms with Gasteiger partial charge in [0.25, 0.3) is 0 Å². The Morgan fingerprint density at radius 2 is 1.07 bits per heavy atom. The summed E-state index contributed by atoms with van der Waals surface area (Å²) in [5.41, 5.74) is 11.6. The molecule has 0 N–H and O–H groups in total. The average Bonchev–Trinajstić information content (AvgIpc) is 3.71. The lowest BCUT2D eigenvalue weighted by Crippen LogP contribution is -1.97. The summed E-state index contributed by atoms with van der Waals surface area (Å²) in [6.45, 7) is 0. The van der Waals surface area contributed by atoms with Gasteiger partial charge in [0.15, 0.2) is 0 Å². The second-order valence-electron chi connectivity index (χ2n) is 11.6. The molecule has 0 bridgehead atoms. The van der Waals surface area contributed by atoms with Crippen molar-refractivity contribution in [1.82, 2.24) is 9.55 Å².